The fourth-order valence-electron chi connectivity index (χ4n) is 1.21. The van der Waals surface area contributed by atoms with Gasteiger partial charge in [-0.15, -0.1) is 11.3 Å². The Morgan fingerprint density at radius 3 is 2.59 bits per heavy atom. The zero-order valence-electron chi connectivity index (χ0n) is 10.8. The van der Waals surface area contributed by atoms with Crippen molar-refractivity contribution in [3.63, 3.8) is 0 Å². The molecule has 0 saturated carbocycles. The van der Waals surface area contributed by atoms with Crippen molar-refractivity contribution in [2.75, 3.05) is 12.8 Å². The minimum Gasteiger partial charge on any atom is -0.310 e. The molecule has 1 N–H and O–H groups in total. The summed E-state index contributed by atoms with van der Waals surface area (Å²) in [6.45, 7) is 6.67. The molecular formula is C11H20N2O2S2. The zero-order valence-corrected chi connectivity index (χ0v) is 12.4. The minimum absolute atomic E-state index is 0.450. The van der Waals surface area contributed by atoms with Crippen molar-refractivity contribution >= 4 is 21.2 Å². The predicted molar refractivity (Wildman–Crippen MR) is 72.1 cm³/mol. The van der Waals surface area contributed by atoms with Gasteiger partial charge in [-0.2, -0.15) is 0 Å². The summed E-state index contributed by atoms with van der Waals surface area (Å²) in [4.78, 5) is 5.40. The van der Waals surface area contributed by atoms with Crippen LogP contribution in [0.1, 0.15) is 30.7 Å². The van der Waals surface area contributed by atoms with Crippen LogP contribution >= 0.6 is 11.3 Å². The molecule has 0 aliphatic rings. The van der Waals surface area contributed by atoms with Crippen LogP contribution in [0.4, 0.5) is 0 Å². The first kappa shape index (κ1) is 14.6. The number of sulfone groups is 1. The van der Waals surface area contributed by atoms with Crippen LogP contribution in [0.2, 0.25) is 0 Å². The average Bonchev–Trinajstić information content (AvgIpc) is 2.63. The molecule has 1 aromatic heterocycles. The summed E-state index contributed by atoms with van der Waals surface area (Å²) in [6, 6.07) is 0. The van der Waals surface area contributed by atoms with E-state index in [4.69, 9.17) is 0 Å². The van der Waals surface area contributed by atoms with E-state index in [1.807, 2.05) is 6.20 Å². The standard InChI is InChI=1S/C11H20N2O2S2/c1-5-10-13-7-9(16-10)6-12-8-11(2,3)17(4,14)15/h7,12H,5-6,8H2,1-4H3. The van der Waals surface area contributed by atoms with E-state index in [1.54, 1.807) is 25.2 Å². The van der Waals surface area contributed by atoms with Gasteiger partial charge in [-0.3, -0.25) is 0 Å². The molecule has 0 amide bonds. The van der Waals surface area contributed by atoms with Crippen LogP contribution in [0.3, 0.4) is 0 Å². The smallest absolute Gasteiger partial charge is 0.153 e. The molecule has 0 aliphatic carbocycles. The van der Waals surface area contributed by atoms with E-state index in [1.165, 1.54) is 6.26 Å². The van der Waals surface area contributed by atoms with Crippen LogP contribution in [0.5, 0.6) is 0 Å². The molecule has 0 radical (unpaired) electrons. The molecule has 4 nitrogen and oxygen atoms in total. The molecule has 0 aromatic carbocycles. The first-order valence-corrected chi connectivity index (χ1v) is 8.31. The third-order valence-electron chi connectivity index (χ3n) is 2.76. The molecule has 0 unspecified atom stereocenters. The van der Waals surface area contributed by atoms with E-state index in [0.29, 0.717) is 13.1 Å². The third kappa shape index (κ3) is 4.04. The normalized spacial score (nSPS) is 12.9. The SMILES string of the molecule is CCc1ncc(CNCC(C)(C)S(C)(=O)=O)s1. The molecule has 0 spiro atoms. The molecule has 0 atom stereocenters. The van der Waals surface area contributed by atoms with Crippen molar-refractivity contribution < 1.29 is 8.42 Å². The van der Waals surface area contributed by atoms with Crippen molar-refractivity contribution in [3.8, 4) is 0 Å². The van der Waals surface area contributed by atoms with Crippen molar-refractivity contribution in [1.29, 1.82) is 0 Å². The second-order valence-electron chi connectivity index (χ2n) is 4.71. The Labute approximate surface area is 107 Å². The number of hydrogen-bond donors (Lipinski definition) is 1. The highest BCUT2D eigenvalue weighted by Crippen LogP contribution is 2.15. The highest BCUT2D eigenvalue weighted by molar-refractivity contribution is 7.92. The third-order valence-corrected chi connectivity index (χ3v) is 6.05. The lowest BCUT2D eigenvalue weighted by Crippen LogP contribution is -2.41. The van der Waals surface area contributed by atoms with Crippen molar-refractivity contribution in [3.05, 3.63) is 16.1 Å². The fourth-order valence-corrected chi connectivity index (χ4v) is 2.41. The second kappa shape index (κ2) is 5.46. The Kier molecular flexibility index (Phi) is 4.69. The lowest BCUT2D eigenvalue weighted by Gasteiger charge is -2.22. The maximum Gasteiger partial charge on any atom is 0.153 e. The molecule has 1 heterocycles. The summed E-state index contributed by atoms with van der Waals surface area (Å²) in [5.41, 5.74) is 0. The zero-order chi connectivity index (χ0) is 13.1. The molecule has 1 rings (SSSR count). The van der Waals surface area contributed by atoms with E-state index in [2.05, 4.69) is 17.2 Å². The average molecular weight is 276 g/mol. The van der Waals surface area contributed by atoms with Gasteiger partial charge in [-0.1, -0.05) is 6.92 Å². The summed E-state index contributed by atoms with van der Waals surface area (Å²) >= 11 is 1.67. The second-order valence-corrected chi connectivity index (χ2v) is 8.56. The van der Waals surface area contributed by atoms with Gasteiger partial charge in [-0.05, 0) is 20.3 Å². The van der Waals surface area contributed by atoms with Gasteiger partial charge in [0.25, 0.3) is 0 Å². The van der Waals surface area contributed by atoms with Gasteiger partial charge in [-0.25, -0.2) is 13.4 Å². The first-order valence-electron chi connectivity index (χ1n) is 5.60. The van der Waals surface area contributed by atoms with Gasteiger partial charge in [0.05, 0.1) is 9.75 Å². The monoisotopic (exact) mass is 276 g/mol. The summed E-state index contributed by atoms with van der Waals surface area (Å²) in [5, 5.41) is 4.29. The molecule has 6 heteroatoms. The summed E-state index contributed by atoms with van der Waals surface area (Å²) < 4.78 is 22.3. The number of thiazole rings is 1. The van der Waals surface area contributed by atoms with Crippen molar-refractivity contribution in [1.82, 2.24) is 10.3 Å². The predicted octanol–water partition coefficient (Wildman–Crippen LogP) is 1.62. The maximum atomic E-state index is 11.5. The van der Waals surface area contributed by atoms with Crippen molar-refractivity contribution in [2.45, 2.75) is 38.5 Å². The Hall–Kier alpha value is -0.460. The van der Waals surface area contributed by atoms with E-state index in [-0.39, 0.29) is 0 Å². The molecule has 98 valence electrons. The van der Waals surface area contributed by atoms with Crippen LogP contribution in [-0.2, 0) is 22.8 Å². The van der Waals surface area contributed by atoms with Crippen LogP contribution < -0.4 is 5.32 Å². The van der Waals surface area contributed by atoms with Crippen LogP contribution in [0.25, 0.3) is 0 Å². The number of nitrogens with one attached hydrogen (secondary N) is 1. The number of nitrogens with zero attached hydrogens (tertiary/aromatic N) is 1. The molecule has 0 aliphatic heterocycles. The molecule has 1 aromatic rings. The Morgan fingerprint density at radius 2 is 2.12 bits per heavy atom. The van der Waals surface area contributed by atoms with Crippen LogP contribution in [-0.4, -0.2) is 30.9 Å². The van der Waals surface area contributed by atoms with E-state index in [0.717, 1.165) is 16.3 Å². The molecule has 0 saturated heterocycles. The summed E-state index contributed by atoms with van der Waals surface area (Å²) in [7, 11) is -3.03. The lowest BCUT2D eigenvalue weighted by molar-refractivity contribution is 0.522. The number of rotatable bonds is 6. The fraction of sp³-hybridized carbons (Fsp3) is 0.727. The summed E-state index contributed by atoms with van der Waals surface area (Å²) in [5.74, 6) is 0. The van der Waals surface area contributed by atoms with Gasteiger partial charge in [0.1, 0.15) is 0 Å². The van der Waals surface area contributed by atoms with Gasteiger partial charge < -0.3 is 5.32 Å². The Bertz CT molecular complexity index is 464. The van der Waals surface area contributed by atoms with Gasteiger partial charge >= 0.3 is 0 Å². The molecular weight excluding hydrogens is 256 g/mol. The highest BCUT2D eigenvalue weighted by Gasteiger charge is 2.29. The van der Waals surface area contributed by atoms with E-state index in [9.17, 15) is 8.42 Å². The van der Waals surface area contributed by atoms with Gasteiger partial charge in [0.15, 0.2) is 9.84 Å². The van der Waals surface area contributed by atoms with Crippen molar-refractivity contribution in [2.24, 2.45) is 0 Å². The van der Waals surface area contributed by atoms with Gasteiger partial charge in [0, 0.05) is 30.4 Å². The summed E-state index contributed by atoms with van der Waals surface area (Å²) in [6.07, 6.45) is 4.07. The minimum atomic E-state index is -3.03. The number of hydrogen-bond acceptors (Lipinski definition) is 5. The molecule has 0 fully saturated rings. The number of aromatic nitrogens is 1. The largest absolute Gasteiger partial charge is 0.310 e. The quantitative estimate of drug-likeness (QED) is 0.858. The van der Waals surface area contributed by atoms with Gasteiger partial charge in [0.2, 0.25) is 0 Å². The number of aryl methyl sites for hydroxylation is 1. The molecule has 17 heavy (non-hydrogen) atoms. The van der Waals surface area contributed by atoms with E-state index < -0.39 is 14.6 Å². The first-order chi connectivity index (χ1) is 7.76. The Balaban J connectivity index is 2.48. The van der Waals surface area contributed by atoms with E-state index >= 15 is 0 Å². The highest BCUT2D eigenvalue weighted by atomic mass is 32.2. The maximum absolute atomic E-state index is 11.5. The lowest BCUT2D eigenvalue weighted by atomic mass is 10.2. The van der Waals surface area contributed by atoms with Crippen LogP contribution in [0, 0.1) is 0 Å². The molecule has 0 bridgehead atoms. The topological polar surface area (TPSA) is 59.1 Å². The Morgan fingerprint density at radius 1 is 1.47 bits per heavy atom. The van der Waals surface area contributed by atoms with Crippen LogP contribution in [0.15, 0.2) is 6.20 Å².